The maximum atomic E-state index is 13.0. The molecule has 2 amide bonds. The fourth-order valence-electron chi connectivity index (χ4n) is 5.75. The van der Waals surface area contributed by atoms with E-state index in [0.717, 1.165) is 28.6 Å². The number of carboxylic acid groups (broad SMARTS) is 1. The van der Waals surface area contributed by atoms with Gasteiger partial charge in [-0.2, -0.15) is 0 Å². The van der Waals surface area contributed by atoms with Crippen molar-refractivity contribution in [3.63, 3.8) is 0 Å². The van der Waals surface area contributed by atoms with Gasteiger partial charge < -0.3 is 24.5 Å². The maximum absolute atomic E-state index is 13.0. The number of carbonyl (C=O) groups excluding carboxylic acids is 2. The predicted molar refractivity (Wildman–Crippen MR) is 123 cm³/mol. The van der Waals surface area contributed by atoms with E-state index in [1.54, 1.807) is 0 Å². The molecule has 9 nitrogen and oxygen atoms in total. The summed E-state index contributed by atoms with van der Waals surface area (Å²) in [5.74, 6) is -1.20. The predicted octanol–water partition coefficient (Wildman–Crippen LogP) is 3.40. The molecule has 7 rings (SSSR count). The molecule has 3 heterocycles. The third kappa shape index (κ3) is 3.30. The first-order chi connectivity index (χ1) is 17.0. The lowest BCUT2D eigenvalue weighted by Gasteiger charge is -2.37. The van der Waals surface area contributed by atoms with Crippen LogP contribution in [0.25, 0.3) is 11.1 Å². The highest BCUT2D eigenvalue weighted by Crippen LogP contribution is 2.51. The second-order valence-corrected chi connectivity index (χ2v) is 9.33. The molecule has 0 spiro atoms. The molecule has 35 heavy (non-hydrogen) atoms. The summed E-state index contributed by atoms with van der Waals surface area (Å²) in [6.45, 7) is 0.449. The van der Waals surface area contributed by atoms with Crippen molar-refractivity contribution >= 4 is 18.0 Å². The van der Waals surface area contributed by atoms with Crippen LogP contribution in [0.2, 0.25) is 0 Å². The first kappa shape index (κ1) is 21.4. The third-order valence-electron chi connectivity index (χ3n) is 7.43. The van der Waals surface area contributed by atoms with Gasteiger partial charge in [0, 0.05) is 12.5 Å². The number of hydrogen-bond acceptors (Lipinski definition) is 6. The zero-order valence-electron chi connectivity index (χ0n) is 18.8. The summed E-state index contributed by atoms with van der Waals surface area (Å²) in [5, 5.41) is 12.2. The van der Waals surface area contributed by atoms with E-state index < -0.39 is 23.5 Å². The molecule has 2 aliphatic heterocycles. The molecule has 2 aliphatic carbocycles. The monoisotopic (exact) mass is 473 g/mol. The maximum Gasteiger partial charge on any atom is 0.407 e. The summed E-state index contributed by atoms with van der Waals surface area (Å²) >= 11 is 0. The summed E-state index contributed by atoms with van der Waals surface area (Å²) < 4.78 is 10.9. The topological polar surface area (TPSA) is 122 Å². The van der Waals surface area contributed by atoms with Crippen molar-refractivity contribution < 1.29 is 28.6 Å². The zero-order chi connectivity index (χ0) is 24.2. The van der Waals surface area contributed by atoms with E-state index in [1.165, 1.54) is 4.90 Å². The van der Waals surface area contributed by atoms with Gasteiger partial charge in [0.05, 0.1) is 6.54 Å². The SMILES string of the molecule is O=C(NCc1ocnc1C(=O)N1CC2CC1(C(=O)O)C2)OCC1c2ccccc2-c2ccccc21. The minimum Gasteiger partial charge on any atom is -0.479 e. The second kappa shape index (κ2) is 7.97. The summed E-state index contributed by atoms with van der Waals surface area (Å²) in [6.07, 6.45) is 1.39. The van der Waals surface area contributed by atoms with E-state index in [-0.39, 0.29) is 36.4 Å². The smallest absolute Gasteiger partial charge is 0.407 e. The van der Waals surface area contributed by atoms with E-state index in [4.69, 9.17) is 9.15 Å². The minimum atomic E-state index is -1.15. The number of carbonyl (C=O) groups is 3. The molecule has 2 aromatic carbocycles. The number of oxazole rings is 1. The van der Waals surface area contributed by atoms with E-state index in [0.29, 0.717) is 19.4 Å². The molecule has 0 atom stereocenters. The number of nitrogens with one attached hydrogen (secondary N) is 1. The van der Waals surface area contributed by atoms with Gasteiger partial charge in [-0.25, -0.2) is 14.6 Å². The number of benzene rings is 2. The van der Waals surface area contributed by atoms with Crippen molar-refractivity contribution in [2.24, 2.45) is 5.92 Å². The van der Waals surface area contributed by atoms with Crippen LogP contribution in [0, 0.1) is 5.92 Å². The number of carboxylic acids is 1. The molecule has 2 N–H and O–H groups in total. The lowest BCUT2D eigenvalue weighted by atomic mass is 9.73. The van der Waals surface area contributed by atoms with Gasteiger partial charge in [-0.05, 0) is 41.0 Å². The van der Waals surface area contributed by atoms with Crippen LogP contribution in [0.4, 0.5) is 4.79 Å². The van der Waals surface area contributed by atoms with Crippen molar-refractivity contribution in [2.75, 3.05) is 13.2 Å². The quantitative estimate of drug-likeness (QED) is 0.563. The Hall–Kier alpha value is -4.14. The third-order valence-corrected chi connectivity index (χ3v) is 7.43. The molecule has 0 radical (unpaired) electrons. The summed E-state index contributed by atoms with van der Waals surface area (Å²) in [4.78, 5) is 42.7. The molecule has 2 bridgehead atoms. The average Bonchev–Trinajstić information content (AvgIpc) is 3.61. The molecule has 3 aromatic rings. The summed E-state index contributed by atoms with van der Waals surface area (Å²) in [7, 11) is 0. The highest BCUT2D eigenvalue weighted by molar-refractivity contribution is 5.98. The molecule has 4 aliphatic rings. The largest absolute Gasteiger partial charge is 0.479 e. The lowest BCUT2D eigenvalue weighted by molar-refractivity contribution is -0.151. The zero-order valence-corrected chi connectivity index (χ0v) is 18.8. The van der Waals surface area contributed by atoms with Crippen LogP contribution in [0.3, 0.4) is 0 Å². The van der Waals surface area contributed by atoms with Crippen LogP contribution in [0.1, 0.15) is 46.1 Å². The molecule has 178 valence electrons. The van der Waals surface area contributed by atoms with Crippen LogP contribution in [-0.2, 0) is 16.1 Å². The van der Waals surface area contributed by atoms with Crippen LogP contribution in [-0.4, -0.2) is 51.7 Å². The molecule has 1 aromatic heterocycles. The molecule has 1 saturated carbocycles. The van der Waals surface area contributed by atoms with E-state index in [2.05, 4.69) is 22.4 Å². The van der Waals surface area contributed by atoms with Gasteiger partial charge in [0.1, 0.15) is 12.1 Å². The normalized spacial score (nSPS) is 21.7. The molecule has 3 fully saturated rings. The number of ether oxygens (including phenoxy) is 1. The summed E-state index contributed by atoms with van der Waals surface area (Å²) in [6, 6.07) is 16.1. The minimum absolute atomic E-state index is 0.0112. The fourth-order valence-corrected chi connectivity index (χ4v) is 5.75. The Morgan fingerprint density at radius 1 is 1.09 bits per heavy atom. The Bertz CT molecular complexity index is 1300. The molecule has 0 unspecified atom stereocenters. The highest BCUT2D eigenvalue weighted by atomic mass is 16.5. The van der Waals surface area contributed by atoms with E-state index >= 15 is 0 Å². The Labute approximate surface area is 200 Å². The number of nitrogens with zero attached hydrogens (tertiary/aromatic N) is 2. The number of hydrogen-bond donors (Lipinski definition) is 2. The van der Waals surface area contributed by atoms with E-state index in [9.17, 15) is 19.5 Å². The van der Waals surface area contributed by atoms with Gasteiger partial charge in [-0.3, -0.25) is 4.79 Å². The van der Waals surface area contributed by atoms with Crippen molar-refractivity contribution in [3.05, 3.63) is 77.5 Å². The molecular formula is C26H23N3O6. The van der Waals surface area contributed by atoms with Crippen LogP contribution in [0.5, 0.6) is 0 Å². The number of amides is 2. The Kier molecular flexibility index (Phi) is 4.87. The molecule has 2 saturated heterocycles. The van der Waals surface area contributed by atoms with Crippen LogP contribution >= 0.6 is 0 Å². The number of rotatable bonds is 6. The Morgan fingerprint density at radius 3 is 2.40 bits per heavy atom. The van der Waals surface area contributed by atoms with Gasteiger partial charge in [0.2, 0.25) is 0 Å². The first-order valence-electron chi connectivity index (χ1n) is 11.5. The van der Waals surface area contributed by atoms with Crippen molar-refractivity contribution in [1.29, 1.82) is 0 Å². The van der Waals surface area contributed by atoms with Crippen molar-refractivity contribution in [2.45, 2.75) is 30.8 Å². The standard InChI is InChI=1S/C26H23N3O6/c30-23(29-12-15-9-26(29,10-15)24(31)32)22-21(35-14-28-22)11-27-25(33)34-13-20-18-7-3-1-5-16(18)17-6-2-4-8-19(17)20/h1-8,14-15,20H,9-13H2,(H,27,33)(H,31,32). The van der Waals surface area contributed by atoms with Gasteiger partial charge in [-0.15, -0.1) is 0 Å². The Morgan fingerprint density at radius 2 is 1.74 bits per heavy atom. The number of aromatic nitrogens is 1. The van der Waals surface area contributed by atoms with Crippen molar-refractivity contribution in [3.8, 4) is 11.1 Å². The van der Waals surface area contributed by atoms with Gasteiger partial charge in [0.25, 0.3) is 5.91 Å². The van der Waals surface area contributed by atoms with Crippen molar-refractivity contribution in [1.82, 2.24) is 15.2 Å². The lowest BCUT2D eigenvalue weighted by Crippen LogP contribution is -2.54. The number of alkyl carbamates (subject to hydrolysis) is 1. The van der Waals surface area contributed by atoms with Crippen LogP contribution in [0.15, 0.2) is 59.3 Å². The number of aliphatic carboxylic acids is 1. The second-order valence-electron chi connectivity index (χ2n) is 9.33. The van der Waals surface area contributed by atoms with E-state index in [1.807, 2.05) is 36.4 Å². The van der Waals surface area contributed by atoms with Crippen LogP contribution < -0.4 is 5.32 Å². The average molecular weight is 473 g/mol. The Balaban J connectivity index is 1.10. The number of fused-ring (bicyclic) bond motifs is 4. The van der Waals surface area contributed by atoms with Gasteiger partial charge in [-0.1, -0.05) is 48.5 Å². The first-order valence-corrected chi connectivity index (χ1v) is 11.5. The molecule has 9 heteroatoms. The van der Waals surface area contributed by atoms with Gasteiger partial charge in [0.15, 0.2) is 17.8 Å². The summed E-state index contributed by atoms with van der Waals surface area (Å²) in [5.41, 5.74) is 3.36. The highest BCUT2D eigenvalue weighted by Gasteiger charge is 2.63. The molecular weight excluding hydrogens is 450 g/mol. The fraction of sp³-hybridized carbons (Fsp3) is 0.308. The van der Waals surface area contributed by atoms with Gasteiger partial charge >= 0.3 is 12.1 Å².